The first-order valence-corrected chi connectivity index (χ1v) is 11.8. The van der Waals surface area contributed by atoms with Crippen LogP contribution in [0.5, 0.6) is 5.75 Å². The van der Waals surface area contributed by atoms with Gasteiger partial charge in [-0.1, -0.05) is 18.9 Å². The van der Waals surface area contributed by atoms with Gasteiger partial charge in [-0.2, -0.15) is 4.31 Å². The molecule has 1 fully saturated rings. The molecule has 2 aromatic rings. The van der Waals surface area contributed by atoms with E-state index in [2.05, 4.69) is 10.6 Å². The van der Waals surface area contributed by atoms with Gasteiger partial charge in [0.2, 0.25) is 15.9 Å². The van der Waals surface area contributed by atoms with E-state index in [1.165, 1.54) is 6.07 Å². The Hall–Kier alpha value is -2.58. The fraction of sp³-hybridized carbons (Fsp3) is 0.409. The van der Waals surface area contributed by atoms with Crippen molar-refractivity contribution < 1.29 is 17.9 Å². The standard InChI is InChI=1S/C22H29N3O4S/c1-2-29-20-12-10-18(11-13-20)23-17-22(26)24-19-8-7-9-21(16-19)30(27,28)25-14-5-3-4-6-15-25/h7-13,16,23H,2-6,14-15,17H2,1H3,(H,24,26). The maximum atomic E-state index is 13.0. The third-order valence-electron chi connectivity index (χ3n) is 4.94. The fourth-order valence-electron chi connectivity index (χ4n) is 3.39. The molecule has 2 N–H and O–H groups in total. The van der Waals surface area contributed by atoms with Crippen molar-refractivity contribution in [2.24, 2.45) is 0 Å². The summed E-state index contributed by atoms with van der Waals surface area (Å²) in [6, 6.07) is 13.8. The molecule has 1 aliphatic heterocycles. The summed E-state index contributed by atoms with van der Waals surface area (Å²) in [4.78, 5) is 12.5. The van der Waals surface area contributed by atoms with E-state index in [1.807, 2.05) is 31.2 Å². The van der Waals surface area contributed by atoms with Gasteiger partial charge in [-0.3, -0.25) is 4.79 Å². The van der Waals surface area contributed by atoms with Crippen LogP contribution >= 0.6 is 0 Å². The minimum absolute atomic E-state index is 0.0666. The molecule has 1 amide bonds. The van der Waals surface area contributed by atoms with Crippen molar-refractivity contribution in [1.29, 1.82) is 0 Å². The smallest absolute Gasteiger partial charge is 0.243 e. The SMILES string of the molecule is CCOc1ccc(NCC(=O)Nc2cccc(S(=O)(=O)N3CCCCCC3)c2)cc1. The van der Waals surface area contributed by atoms with E-state index in [4.69, 9.17) is 4.74 Å². The van der Waals surface area contributed by atoms with Crippen LogP contribution in [0.2, 0.25) is 0 Å². The van der Waals surface area contributed by atoms with E-state index in [1.54, 1.807) is 22.5 Å². The Bertz CT molecular complexity index is 937. The lowest BCUT2D eigenvalue weighted by atomic mass is 10.2. The van der Waals surface area contributed by atoms with Gasteiger partial charge in [0.25, 0.3) is 0 Å². The molecule has 0 aliphatic carbocycles. The normalized spacial score (nSPS) is 15.2. The van der Waals surface area contributed by atoms with Gasteiger partial charge in [-0.25, -0.2) is 8.42 Å². The zero-order valence-corrected chi connectivity index (χ0v) is 18.1. The van der Waals surface area contributed by atoms with Crippen molar-refractivity contribution in [1.82, 2.24) is 4.31 Å². The molecular formula is C22H29N3O4S. The Labute approximate surface area is 178 Å². The Kier molecular flexibility index (Phi) is 7.70. The number of hydrogen-bond acceptors (Lipinski definition) is 5. The zero-order valence-electron chi connectivity index (χ0n) is 17.3. The lowest BCUT2D eigenvalue weighted by molar-refractivity contribution is -0.114. The van der Waals surface area contributed by atoms with Crippen molar-refractivity contribution in [2.45, 2.75) is 37.5 Å². The molecule has 0 unspecified atom stereocenters. The summed E-state index contributed by atoms with van der Waals surface area (Å²) in [6.07, 6.45) is 3.88. The molecule has 162 valence electrons. The van der Waals surface area contributed by atoms with Crippen LogP contribution in [0.15, 0.2) is 53.4 Å². The van der Waals surface area contributed by atoms with Crippen LogP contribution in [0.4, 0.5) is 11.4 Å². The third-order valence-corrected chi connectivity index (χ3v) is 6.83. The van der Waals surface area contributed by atoms with Gasteiger partial charge in [0.05, 0.1) is 18.0 Å². The second-order valence-electron chi connectivity index (χ2n) is 7.21. The van der Waals surface area contributed by atoms with Gasteiger partial charge in [0.15, 0.2) is 0 Å². The number of rotatable bonds is 8. The summed E-state index contributed by atoms with van der Waals surface area (Å²) in [5.74, 6) is 0.517. The molecule has 0 bridgehead atoms. The van der Waals surface area contributed by atoms with Gasteiger partial charge in [0.1, 0.15) is 5.75 Å². The summed E-state index contributed by atoms with van der Waals surface area (Å²) >= 11 is 0. The second kappa shape index (κ2) is 10.4. The number of anilines is 2. The molecule has 30 heavy (non-hydrogen) atoms. The maximum absolute atomic E-state index is 13.0. The monoisotopic (exact) mass is 431 g/mol. The highest BCUT2D eigenvalue weighted by Crippen LogP contribution is 2.23. The molecule has 0 saturated carbocycles. The molecule has 0 radical (unpaired) electrons. The number of nitrogens with one attached hydrogen (secondary N) is 2. The number of ether oxygens (including phenoxy) is 1. The predicted octanol–water partition coefficient (Wildman–Crippen LogP) is 3.70. The molecule has 7 nitrogen and oxygen atoms in total. The molecule has 3 rings (SSSR count). The van der Waals surface area contributed by atoms with E-state index in [0.717, 1.165) is 37.1 Å². The van der Waals surface area contributed by atoms with Gasteiger partial charge in [-0.15, -0.1) is 0 Å². The largest absolute Gasteiger partial charge is 0.494 e. The highest BCUT2D eigenvalue weighted by molar-refractivity contribution is 7.89. The maximum Gasteiger partial charge on any atom is 0.243 e. The van der Waals surface area contributed by atoms with Gasteiger partial charge in [-0.05, 0) is 62.2 Å². The number of benzene rings is 2. The highest BCUT2D eigenvalue weighted by Gasteiger charge is 2.25. The molecule has 1 heterocycles. The minimum Gasteiger partial charge on any atom is -0.494 e. The summed E-state index contributed by atoms with van der Waals surface area (Å²) in [5, 5.41) is 5.81. The number of carbonyl (C=O) groups excluding carboxylic acids is 1. The first-order valence-electron chi connectivity index (χ1n) is 10.4. The van der Waals surface area contributed by atoms with Crippen molar-refractivity contribution >= 4 is 27.3 Å². The van der Waals surface area contributed by atoms with Crippen molar-refractivity contribution in [3.63, 3.8) is 0 Å². The molecule has 1 aliphatic rings. The van der Waals surface area contributed by atoms with Crippen LogP contribution < -0.4 is 15.4 Å². The number of hydrogen-bond donors (Lipinski definition) is 2. The topological polar surface area (TPSA) is 87.7 Å². The fourth-order valence-corrected chi connectivity index (χ4v) is 4.95. The molecule has 1 saturated heterocycles. The quantitative estimate of drug-likeness (QED) is 0.665. The Morgan fingerprint density at radius 3 is 2.37 bits per heavy atom. The van der Waals surface area contributed by atoms with Crippen LogP contribution in [0.25, 0.3) is 0 Å². The molecule has 0 spiro atoms. The average molecular weight is 432 g/mol. The van der Waals surface area contributed by atoms with Crippen LogP contribution in [0.3, 0.4) is 0 Å². The average Bonchev–Trinajstić information content (AvgIpc) is 3.04. The number of nitrogens with zero attached hydrogens (tertiary/aromatic N) is 1. The Balaban J connectivity index is 1.59. The summed E-state index contributed by atoms with van der Waals surface area (Å²) in [5.41, 5.74) is 1.26. The minimum atomic E-state index is -3.55. The lowest BCUT2D eigenvalue weighted by Gasteiger charge is -2.20. The first kappa shape index (κ1) is 22.1. The first-order chi connectivity index (χ1) is 14.5. The van der Waals surface area contributed by atoms with E-state index < -0.39 is 10.0 Å². The van der Waals surface area contributed by atoms with Gasteiger partial charge < -0.3 is 15.4 Å². The van der Waals surface area contributed by atoms with E-state index in [-0.39, 0.29) is 17.3 Å². The van der Waals surface area contributed by atoms with Crippen LogP contribution in [-0.4, -0.2) is 44.9 Å². The molecule has 0 aromatic heterocycles. The van der Waals surface area contributed by atoms with Crippen molar-refractivity contribution in [2.75, 3.05) is 36.9 Å². The predicted molar refractivity (Wildman–Crippen MR) is 118 cm³/mol. The number of carbonyl (C=O) groups is 1. The molecule has 8 heteroatoms. The van der Waals surface area contributed by atoms with Crippen LogP contribution in [0, 0.1) is 0 Å². The number of amides is 1. The van der Waals surface area contributed by atoms with E-state index >= 15 is 0 Å². The molecule has 2 aromatic carbocycles. The Morgan fingerprint density at radius 1 is 1.00 bits per heavy atom. The molecular weight excluding hydrogens is 402 g/mol. The van der Waals surface area contributed by atoms with Crippen molar-refractivity contribution in [3.8, 4) is 5.75 Å². The van der Waals surface area contributed by atoms with Crippen LogP contribution in [0.1, 0.15) is 32.6 Å². The summed E-state index contributed by atoms with van der Waals surface area (Å²) in [7, 11) is -3.55. The molecule has 0 atom stereocenters. The zero-order chi connectivity index (χ0) is 21.4. The summed E-state index contributed by atoms with van der Waals surface area (Å²) in [6.45, 7) is 3.68. The third kappa shape index (κ3) is 5.96. The second-order valence-corrected chi connectivity index (χ2v) is 9.14. The number of sulfonamides is 1. The summed E-state index contributed by atoms with van der Waals surface area (Å²) < 4.78 is 32.9. The Morgan fingerprint density at radius 2 is 1.70 bits per heavy atom. The van der Waals surface area contributed by atoms with Gasteiger partial charge in [0, 0.05) is 24.5 Å². The van der Waals surface area contributed by atoms with Crippen LogP contribution in [-0.2, 0) is 14.8 Å². The van der Waals surface area contributed by atoms with Gasteiger partial charge >= 0.3 is 0 Å². The van der Waals surface area contributed by atoms with E-state index in [9.17, 15) is 13.2 Å². The van der Waals surface area contributed by atoms with Crippen molar-refractivity contribution in [3.05, 3.63) is 48.5 Å². The van der Waals surface area contributed by atoms with E-state index in [0.29, 0.717) is 25.4 Å². The highest BCUT2D eigenvalue weighted by atomic mass is 32.2. The lowest BCUT2D eigenvalue weighted by Crippen LogP contribution is -2.32.